The van der Waals surface area contributed by atoms with Crippen LogP contribution in [0, 0.1) is 11.7 Å². The predicted octanol–water partition coefficient (Wildman–Crippen LogP) is 3.60. The first kappa shape index (κ1) is 17.6. The lowest BCUT2D eigenvalue weighted by Gasteiger charge is -2.14. The number of nitrogens with zero attached hydrogens (tertiary/aromatic N) is 4. The van der Waals surface area contributed by atoms with E-state index in [-0.39, 0.29) is 5.82 Å². The number of aromatic nitrogens is 4. The molecule has 2 aliphatic carbocycles. The monoisotopic (exact) mass is 380 g/mol. The normalized spacial score (nSPS) is 17.8. The van der Waals surface area contributed by atoms with E-state index in [0.29, 0.717) is 18.4 Å². The second kappa shape index (κ2) is 6.55. The third-order valence-corrected chi connectivity index (χ3v) is 5.88. The zero-order valence-electron chi connectivity index (χ0n) is 16.1. The summed E-state index contributed by atoms with van der Waals surface area (Å²) in [6.07, 6.45) is 11.8. The lowest BCUT2D eigenvalue weighted by Crippen LogP contribution is -2.08. The summed E-state index contributed by atoms with van der Waals surface area (Å²) in [7, 11) is 1.90. The van der Waals surface area contributed by atoms with Crippen LogP contribution in [0.5, 0.6) is 0 Å². The summed E-state index contributed by atoms with van der Waals surface area (Å²) in [5.41, 5.74) is 3.75. The maximum atomic E-state index is 13.8. The van der Waals surface area contributed by atoms with Gasteiger partial charge in [-0.1, -0.05) is 0 Å². The van der Waals surface area contributed by atoms with E-state index in [1.165, 1.54) is 30.5 Å². The second-order valence-electron chi connectivity index (χ2n) is 8.41. The van der Waals surface area contributed by atoms with Crippen molar-refractivity contribution in [1.29, 1.82) is 0 Å². The second-order valence-corrected chi connectivity index (χ2v) is 8.41. The van der Waals surface area contributed by atoms with Crippen LogP contribution in [0.1, 0.15) is 42.4 Å². The highest BCUT2D eigenvalue weighted by Gasteiger charge is 2.44. The first-order valence-electron chi connectivity index (χ1n) is 10.1. The molecule has 1 aromatic carbocycles. The van der Waals surface area contributed by atoms with Crippen LogP contribution in [0.4, 0.5) is 4.39 Å². The van der Waals surface area contributed by atoms with Crippen LogP contribution in [0.3, 0.4) is 0 Å². The van der Waals surface area contributed by atoms with E-state index in [0.717, 1.165) is 42.1 Å². The Balaban J connectivity index is 1.40. The van der Waals surface area contributed by atoms with Crippen molar-refractivity contribution in [3.63, 3.8) is 0 Å². The van der Waals surface area contributed by atoms with Crippen molar-refractivity contribution >= 4 is 0 Å². The van der Waals surface area contributed by atoms with Crippen LogP contribution in [-0.2, 0) is 32.0 Å². The molecule has 0 atom stereocenters. The molecular formula is C22H25FN4O. The molecule has 2 fully saturated rings. The van der Waals surface area contributed by atoms with E-state index in [4.69, 9.17) is 0 Å². The van der Waals surface area contributed by atoms with Gasteiger partial charge >= 0.3 is 0 Å². The Morgan fingerprint density at radius 1 is 1.21 bits per heavy atom. The van der Waals surface area contributed by atoms with Gasteiger partial charge in [-0.3, -0.25) is 9.36 Å². The summed E-state index contributed by atoms with van der Waals surface area (Å²) in [6, 6.07) is 4.66. The molecule has 5 nitrogen and oxygen atoms in total. The van der Waals surface area contributed by atoms with Crippen LogP contribution < -0.4 is 0 Å². The Hall–Kier alpha value is -2.47. The molecule has 0 aliphatic heterocycles. The summed E-state index contributed by atoms with van der Waals surface area (Å²) in [5, 5.41) is 19.8. The SMILES string of the molecule is Cn1cc(CCc2cnn(CC3CC3)c2)c(-c2ccc(F)cc2C2(O)CC2)n1. The Labute approximate surface area is 163 Å². The standard InChI is InChI=1S/C22H25FN4O/c1-26-14-17(5-4-16-11-24-27(13-16)12-15-2-3-15)21(25-26)19-7-6-18(23)10-20(19)22(28)8-9-22/h6-7,10-11,13-15,28H,2-5,8-9,12H2,1H3. The summed E-state index contributed by atoms with van der Waals surface area (Å²) >= 11 is 0. The zero-order valence-corrected chi connectivity index (χ0v) is 16.1. The fraction of sp³-hybridized carbons (Fsp3) is 0.455. The van der Waals surface area contributed by atoms with Crippen LogP contribution >= 0.6 is 0 Å². The lowest BCUT2D eigenvalue weighted by atomic mass is 9.95. The van der Waals surface area contributed by atoms with E-state index in [1.54, 1.807) is 10.7 Å². The molecule has 0 bridgehead atoms. The zero-order chi connectivity index (χ0) is 19.3. The Morgan fingerprint density at radius 2 is 2.04 bits per heavy atom. The van der Waals surface area contributed by atoms with Gasteiger partial charge in [0.1, 0.15) is 5.82 Å². The number of benzene rings is 1. The topological polar surface area (TPSA) is 55.9 Å². The van der Waals surface area contributed by atoms with Crippen LogP contribution in [0.15, 0.2) is 36.8 Å². The van der Waals surface area contributed by atoms with Gasteiger partial charge in [0.25, 0.3) is 0 Å². The first-order valence-corrected chi connectivity index (χ1v) is 10.1. The van der Waals surface area contributed by atoms with Gasteiger partial charge in [0.2, 0.25) is 0 Å². The molecule has 6 heteroatoms. The van der Waals surface area contributed by atoms with Crippen molar-refractivity contribution in [3.8, 4) is 11.3 Å². The highest BCUT2D eigenvalue weighted by Crippen LogP contribution is 2.49. The lowest BCUT2D eigenvalue weighted by molar-refractivity contribution is 0.151. The molecule has 1 N–H and O–H groups in total. The Kier molecular flexibility index (Phi) is 4.12. The van der Waals surface area contributed by atoms with Crippen molar-refractivity contribution in [2.75, 3.05) is 0 Å². The summed E-state index contributed by atoms with van der Waals surface area (Å²) < 4.78 is 17.7. The van der Waals surface area contributed by atoms with Crippen molar-refractivity contribution < 1.29 is 9.50 Å². The maximum Gasteiger partial charge on any atom is 0.123 e. The van der Waals surface area contributed by atoms with Gasteiger partial charge in [0.05, 0.1) is 17.5 Å². The van der Waals surface area contributed by atoms with Gasteiger partial charge in [-0.05, 0) is 79.3 Å². The van der Waals surface area contributed by atoms with Gasteiger partial charge in [-0.2, -0.15) is 10.2 Å². The molecule has 2 heterocycles. The highest BCUT2D eigenvalue weighted by molar-refractivity contribution is 5.69. The minimum Gasteiger partial charge on any atom is -0.385 e. The van der Waals surface area contributed by atoms with Crippen LogP contribution in [-0.4, -0.2) is 24.7 Å². The first-order chi connectivity index (χ1) is 13.5. The molecule has 3 aromatic rings. The minimum absolute atomic E-state index is 0.320. The summed E-state index contributed by atoms with van der Waals surface area (Å²) in [4.78, 5) is 0. The average molecular weight is 380 g/mol. The molecular weight excluding hydrogens is 355 g/mol. The number of halogens is 1. The Morgan fingerprint density at radius 3 is 2.79 bits per heavy atom. The predicted molar refractivity (Wildman–Crippen MR) is 104 cm³/mol. The summed E-state index contributed by atoms with van der Waals surface area (Å²) in [5.74, 6) is 0.488. The van der Waals surface area contributed by atoms with Crippen LogP contribution in [0.2, 0.25) is 0 Å². The number of aliphatic hydroxyl groups is 1. The fourth-order valence-corrected chi connectivity index (χ4v) is 3.92. The van der Waals surface area contributed by atoms with Gasteiger partial charge < -0.3 is 5.11 Å². The number of rotatable bonds is 7. The third kappa shape index (κ3) is 3.49. The number of aryl methyl sites for hydroxylation is 3. The quantitative estimate of drug-likeness (QED) is 0.681. The minimum atomic E-state index is -0.907. The van der Waals surface area contributed by atoms with Crippen molar-refractivity contribution in [1.82, 2.24) is 19.6 Å². The van der Waals surface area contributed by atoms with E-state index in [1.807, 2.05) is 19.4 Å². The van der Waals surface area contributed by atoms with E-state index >= 15 is 0 Å². The van der Waals surface area contributed by atoms with Gasteiger partial charge in [0, 0.05) is 31.5 Å². The molecule has 2 aromatic heterocycles. The molecule has 0 radical (unpaired) electrons. The molecule has 28 heavy (non-hydrogen) atoms. The largest absolute Gasteiger partial charge is 0.385 e. The van der Waals surface area contributed by atoms with E-state index < -0.39 is 5.60 Å². The highest BCUT2D eigenvalue weighted by atomic mass is 19.1. The van der Waals surface area contributed by atoms with Crippen molar-refractivity contribution in [3.05, 3.63) is 59.3 Å². The number of hydrogen-bond acceptors (Lipinski definition) is 3. The number of hydrogen-bond donors (Lipinski definition) is 1. The molecule has 0 unspecified atom stereocenters. The maximum absolute atomic E-state index is 13.8. The molecule has 0 saturated heterocycles. The van der Waals surface area contributed by atoms with Gasteiger partial charge in [0.15, 0.2) is 0 Å². The van der Waals surface area contributed by atoms with Crippen molar-refractivity contribution in [2.45, 2.75) is 50.7 Å². The molecule has 0 spiro atoms. The summed E-state index contributed by atoms with van der Waals surface area (Å²) in [6.45, 7) is 1.02. The molecule has 0 amide bonds. The molecule has 2 saturated carbocycles. The average Bonchev–Trinajstić information content (AvgIpc) is 3.54. The molecule has 5 rings (SSSR count). The third-order valence-electron chi connectivity index (χ3n) is 5.88. The van der Waals surface area contributed by atoms with E-state index in [2.05, 4.69) is 21.1 Å². The van der Waals surface area contributed by atoms with Crippen LogP contribution in [0.25, 0.3) is 11.3 Å². The van der Waals surface area contributed by atoms with E-state index in [9.17, 15) is 9.50 Å². The molecule has 146 valence electrons. The van der Waals surface area contributed by atoms with Gasteiger partial charge in [-0.25, -0.2) is 4.39 Å². The fourth-order valence-electron chi connectivity index (χ4n) is 3.92. The Bertz CT molecular complexity index is 1010. The molecule has 2 aliphatic rings. The van der Waals surface area contributed by atoms with Crippen molar-refractivity contribution in [2.24, 2.45) is 13.0 Å². The van der Waals surface area contributed by atoms with Gasteiger partial charge in [-0.15, -0.1) is 0 Å². The smallest absolute Gasteiger partial charge is 0.123 e.